The van der Waals surface area contributed by atoms with E-state index < -0.39 is 22.0 Å². The molecule has 1 N–H and O–H groups in total. The molecule has 2 aromatic rings. The lowest BCUT2D eigenvalue weighted by molar-refractivity contribution is -0.116. The van der Waals surface area contributed by atoms with Gasteiger partial charge < -0.3 is 5.32 Å². The van der Waals surface area contributed by atoms with Gasteiger partial charge in [-0.05, 0) is 53.2 Å². The average Bonchev–Trinajstić information content (AvgIpc) is 2.51. The molecule has 0 aliphatic rings. The Morgan fingerprint density at radius 3 is 2.44 bits per heavy atom. The highest BCUT2D eigenvalue weighted by Crippen LogP contribution is 2.32. The van der Waals surface area contributed by atoms with Gasteiger partial charge in [0.15, 0.2) is 0 Å². The van der Waals surface area contributed by atoms with Crippen LogP contribution in [0.4, 0.5) is 11.4 Å². The van der Waals surface area contributed by atoms with E-state index in [1.807, 2.05) is 0 Å². The van der Waals surface area contributed by atoms with E-state index >= 15 is 0 Å². The molecular weight excluding hydrogens is 451 g/mol. The molecule has 2 rings (SSSR count). The first kappa shape index (κ1) is 20.0. The second-order valence-electron chi connectivity index (χ2n) is 5.30. The van der Waals surface area contributed by atoms with E-state index in [9.17, 15) is 13.2 Å². The largest absolute Gasteiger partial charge is 0.323 e. The number of benzene rings is 2. The van der Waals surface area contributed by atoms with Gasteiger partial charge in [-0.25, -0.2) is 8.42 Å². The predicted molar refractivity (Wildman–Crippen MR) is 106 cm³/mol. The van der Waals surface area contributed by atoms with E-state index in [1.54, 1.807) is 30.3 Å². The van der Waals surface area contributed by atoms with Crippen LogP contribution in [0.2, 0.25) is 10.0 Å². The SMILES string of the molecule is C[C@@H](C(=O)Nc1ccccc1Br)N(c1cc(Cl)ccc1Cl)S(C)(=O)=O. The smallest absolute Gasteiger partial charge is 0.248 e. The Labute approximate surface area is 165 Å². The molecule has 0 aliphatic heterocycles. The quantitative estimate of drug-likeness (QED) is 0.704. The summed E-state index contributed by atoms with van der Waals surface area (Å²) < 4.78 is 26.2. The van der Waals surface area contributed by atoms with Gasteiger partial charge in [-0.3, -0.25) is 9.10 Å². The molecule has 25 heavy (non-hydrogen) atoms. The van der Waals surface area contributed by atoms with E-state index in [0.29, 0.717) is 15.2 Å². The summed E-state index contributed by atoms with van der Waals surface area (Å²) in [5.41, 5.74) is 0.677. The summed E-state index contributed by atoms with van der Waals surface area (Å²) in [6, 6.07) is 10.4. The van der Waals surface area contributed by atoms with Gasteiger partial charge in [0.25, 0.3) is 0 Å². The summed E-state index contributed by atoms with van der Waals surface area (Å²) in [7, 11) is -3.79. The average molecular weight is 466 g/mol. The van der Waals surface area contributed by atoms with E-state index in [4.69, 9.17) is 23.2 Å². The zero-order valence-corrected chi connectivity index (χ0v) is 17.2. The van der Waals surface area contributed by atoms with E-state index in [-0.39, 0.29) is 10.7 Å². The summed E-state index contributed by atoms with van der Waals surface area (Å²) in [6.07, 6.45) is 1.01. The normalized spacial score (nSPS) is 12.5. The lowest BCUT2D eigenvalue weighted by Gasteiger charge is -2.29. The van der Waals surface area contributed by atoms with Crippen LogP contribution in [0.15, 0.2) is 46.9 Å². The van der Waals surface area contributed by atoms with E-state index in [0.717, 1.165) is 10.6 Å². The van der Waals surface area contributed by atoms with Crippen molar-refractivity contribution < 1.29 is 13.2 Å². The maximum Gasteiger partial charge on any atom is 0.248 e. The van der Waals surface area contributed by atoms with Crippen molar-refractivity contribution in [2.45, 2.75) is 13.0 Å². The van der Waals surface area contributed by atoms with Crippen LogP contribution in [0.5, 0.6) is 0 Å². The second kappa shape index (κ2) is 7.95. The molecule has 0 saturated carbocycles. The van der Waals surface area contributed by atoms with Gasteiger partial charge in [-0.2, -0.15) is 0 Å². The summed E-state index contributed by atoms with van der Waals surface area (Å²) in [4.78, 5) is 12.6. The van der Waals surface area contributed by atoms with Crippen molar-refractivity contribution in [1.82, 2.24) is 0 Å². The Morgan fingerprint density at radius 1 is 1.20 bits per heavy atom. The Hall–Kier alpha value is -1.28. The van der Waals surface area contributed by atoms with Gasteiger partial charge >= 0.3 is 0 Å². The number of halogens is 3. The molecule has 0 heterocycles. The van der Waals surface area contributed by atoms with Crippen molar-refractivity contribution in [3.63, 3.8) is 0 Å². The lowest BCUT2D eigenvalue weighted by Crippen LogP contribution is -2.45. The number of nitrogens with zero attached hydrogens (tertiary/aromatic N) is 1. The number of hydrogen-bond donors (Lipinski definition) is 1. The highest BCUT2D eigenvalue weighted by Gasteiger charge is 2.31. The third-order valence-corrected chi connectivity index (χ3v) is 5.84. The van der Waals surface area contributed by atoms with Crippen molar-refractivity contribution in [2.75, 3.05) is 15.9 Å². The highest BCUT2D eigenvalue weighted by atomic mass is 79.9. The predicted octanol–water partition coefficient (Wildman–Crippen LogP) is 4.55. The number of anilines is 2. The zero-order valence-electron chi connectivity index (χ0n) is 13.3. The maximum absolute atomic E-state index is 12.6. The molecule has 9 heteroatoms. The molecule has 0 spiro atoms. The minimum atomic E-state index is -3.79. The molecule has 0 unspecified atom stereocenters. The number of amides is 1. The molecule has 2 aromatic carbocycles. The Bertz CT molecular complexity index is 906. The Kier molecular flexibility index (Phi) is 6.37. The third-order valence-electron chi connectivity index (χ3n) is 3.37. The molecule has 1 amide bonds. The molecule has 0 aromatic heterocycles. The third kappa shape index (κ3) is 4.88. The monoisotopic (exact) mass is 464 g/mol. The molecule has 0 radical (unpaired) electrons. The molecule has 5 nitrogen and oxygen atoms in total. The van der Waals surface area contributed by atoms with Crippen LogP contribution < -0.4 is 9.62 Å². The lowest BCUT2D eigenvalue weighted by atomic mass is 10.2. The van der Waals surface area contributed by atoms with Crippen molar-refractivity contribution in [1.29, 1.82) is 0 Å². The second-order valence-corrected chi connectivity index (χ2v) is 8.86. The van der Waals surface area contributed by atoms with Crippen LogP contribution >= 0.6 is 39.1 Å². The number of para-hydroxylation sites is 1. The number of sulfonamides is 1. The van der Waals surface area contributed by atoms with Gasteiger partial charge in [0.05, 0.1) is 22.7 Å². The number of carbonyl (C=O) groups excluding carboxylic acids is 1. The van der Waals surface area contributed by atoms with Crippen molar-refractivity contribution >= 4 is 66.4 Å². The molecule has 134 valence electrons. The number of nitrogens with one attached hydrogen (secondary N) is 1. The van der Waals surface area contributed by atoms with Crippen molar-refractivity contribution in [3.8, 4) is 0 Å². The summed E-state index contributed by atoms with van der Waals surface area (Å²) >= 11 is 15.4. The van der Waals surface area contributed by atoms with Gasteiger partial charge in [-0.15, -0.1) is 0 Å². The first-order chi connectivity index (χ1) is 11.6. The zero-order chi connectivity index (χ0) is 18.8. The van der Waals surface area contributed by atoms with Gasteiger partial charge in [-0.1, -0.05) is 35.3 Å². The minimum Gasteiger partial charge on any atom is -0.323 e. The fourth-order valence-corrected chi connectivity index (χ4v) is 4.22. The van der Waals surface area contributed by atoms with Crippen LogP contribution in [-0.2, 0) is 14.8 Å². The molecular formula is C16H15BrCl2N2O3S. The topological polar surface area (TPSA) is 66.5 Å². The summed E-state index contributed by atoms with van der Waals surface area (Å²) in [6.45, 7) is 1.48. The summed E-state index contributed by atoms with van der Waals surface area (Å²) in [5, 5.41) is 3.19. The highest BCUT2D eigenvalue weighted by molar-refractivity contribution is 9.10. The number of carbonyl (C=O) groups is 1. The van der Waals surface area contributed by atoms with Gasteiger partial charge in [0.1, 0.15) is 6.04 Å². The van der Waals surface area contributed by atoms with Crippen LogP contribution in [0.25, 0.3) is 0 Å². The van der Waals surface area contributed by atoms with Crippen molar-refractivity contribution in [2.24, 2.45) is 0 Å². The maximum atomic E-state index is 12.6. The van der Waals surface area contributed by atoms with Crippen LogP contribution in [0.1, 0.15) is 6.92 Å². The molecule has 0 aliphatic carbocycles. The van der Waals surface area contributed by atoms with Gasteiger partial charge in [0, 0.05) is 9.50 Å². The Balaban J connectivity index is 2.40. The van der Waals surface area contributed by atoms with E-state index in [2.05, 4.69) is 21.2 Å². The Morgan fingerprint density at radius 2 is 1.84 bits per heavy atom. The number of hydrogen-bond acceptors (Lipinski definition) is 3. The fraction of sp³-hybridized carbons (Fsp3) is 0.188. The van der Waals surface area contributed by atoms with Gasteiger partial charge in [0.2, 0.25) is 15.9 Å². The molecule has 1 atom stereocenters. The molecule has 0 bridgehead atoms. The van der Waals surface area contributed by atoms with Crippen LogP contribution in [0.3, 0.4) is 0 Å². The minimum absolute atomic E-state index is 0.145. The first-order valence-electron chi connectivity index (χ1n) is 7.11. The standard InChI is InChI=1S/C16H15BrCl2N2O3S/c1-10(16(22)20-14-6-4-3-5-12(14)17)21(25(2,23)24)15-9-11(18)7-8-13(15)19/h3-10H,1-2H3,(H,20,22)/t10-/m0/s1. The first-order valence-corrected chi connectivity index (χ1v) is 10.5. The fourth-order valence-electron chi connectivity index (χ4n) is 2.24. The molecule has 0 fully saturated rings. The number of rotatable bonds is 5. The van der Waals surface area contributed by atoms with Crippen molar-refractivity contribution in [3.05, 3.63) is 57.0 Å². The van der Waals surface area contributed by atoms with Crippen LogP contribution in [-0.4, -0.2) is 26.6 Å². The van der Waals surface area contributed by atoms with E-state index in [1.165, 1.54) is 19.1 Å². The summed E-state index contributed by atoms with van der Waals surface area (Å²) in [5.74, 6) is -0.506. The molecule has 0 saturated heterocycles. The van der Waals surface area contributed by atoms with Crippen LogP contribution in [0, 0.1) is 0 Å².